The fraction of sp³-hybridized carbons (Fsp3) is 0.722. The van der Waals surface area contributed by atoms with Crippen molar-refractivity contribution in [3.63, 3.8) is 0 Å². The summed E-state index contributed by atoms with van der Waals surface area (Å²) in [6.07, 6.45) is 5.46. The lowest BCUT2D eigenvalue weighted by molar-refractivity contribution is 0.0256. The molecule has 0 aliphatic carbocycles. The number of carbonyl (C=O) groups is 1. The van der Waals surface area contributed by atoms with Gasteiger partial charge in [-0.05, 0) is 59.1 Å². The van der Waals surface area contributed by atoms with Crippen molar-refractivity contribution < 1.29 is 13.9 Å². The minimum absolute atomic E-state index is 0.193. The van der Waals surface area contributed by atoms with Crippen LogP contribution in [0.25, 0.3) is 0 Å². The number of likely N-dealkylation sites (tertiary alicyclic amines) is 1. The molecule has 1 saturated heterocycles. The minimum atomic E-state index is -0.432. The van der Waals surface area contributed by atoms with Crippen LogP contribution in [0, 0.1) is 0 Å². The summed E-state index contributed by atoms with van der Waals surface area (Å²) in [5.41, 5.74) is -0.432. The van der Waals surface area contributed by atoms with Gasteiger partial charge < -0.3 is 19.4 Å². The number of amides is 1. The van der Waals surface area contributed by atoms with Gasteiger partial charge in [-0.3, -0.25) is 0 Å². The van der Waals surface area contributed by atoms with Crippen LogP contribution < -0.4 is 5.32 Å². The Kier molecular flexibility index (Phi) is 6.10. The molecule has 1 amide bonds. The molecule has 1 aromatic heterocycles. The van der Waals surface area contributed by atoms with Crippen LogP contribution in [-0.4, -0.2) is 41.8 Å². The largest absolute Gasteiger partial charge is 0.469 e. The Bertz CT molecular complexity index is 479. The van der Waals surface area contributed by atoms with E-state index in [-0.39, 0.29) is 6.09 Å². The summed E-state index contributed by atoms with van der Waals surface area (Å²) < 4.78 is 10.9. The molecule has 2 rings (SSSR count). The molecule has 5 heteroatoms. The highest BCUT2D eigenvalue weighted by atomic mass is 16.6. The third-order valence-electron chi connectivity index (χ3n) is 3.99. The van der Waals surface area contributed by atoms with Crippen LogP contribution in [0.5, 0.6) is 0 Å². The molecule has 2 heterocycles. The van der Waals surface area contributed by atoms with Crippen LogP contribution in [0.2, 0.25) is 0 Å². The van der Waals surface area contributed by atoms with Crippen LogP contribution in [0.4, 0.5) is 4.79 Å². The zero-order chi connectivity index (χ0) is 16.9. The predicted octanol–water partition coefficient (Wildman–Crippen LogP) is 3.59. The van der Waals surface area contributed by atoms with Crippen LogP contribution in [-0.2, 0) is 11.2 Å². The van der Waals surface area contributed by atoms with Crippen LogP contribution in [0.15, 0.2) is 22.8 Å². The van der Waals surface area contributed by atoms with E-state index in [4.69, 9.17) is 9.15 Å². The van der Waals surface area contributed by atoms with Crippen molar-refractivity contribution in [1.82, 2.24) is 10.2 Å². The summed E-state index contributed by atoms with van der Waals surface area (Å²) in [5, 5.41) is 3.67. The molecule has 23 heavy (non-hydrogen) atoms. The zero-order valence-corrected chi connectivity index (χ0v) is 14.8. The molecule has 0 bridgehead atoms. The third kappa shape index (κ3) is 6.26. The summed E-state index contributed by atoms with van der Waals surface area (Å²) in [6.45, 7) is 9.43. The average Bonchev–Trinajstić information content (AvgIpc) is 2.81. The number of hydrogen-bond acceptors (Lipinski definition) is 4. The van der Waals surface area contributed by atoms with Crippen molar-refractivity contribution in [3.05, 3.63) is 24.2 Å². The van der Waals surface area contributed by atoms with Crippen LogP contribution in [0.3, 0.4) is 0 Å². The molecular weight excluding hydrogens is 292 g/mol. The molecule has 5 nitrogen and oxygen atoms in total. The Morgan fingerprint density at radius 3 is 2.87 bits per heavy atom. The second-order valence-corrected chi connectivity index (χ2v) is 7.45. The van der Waals surface area contributed by atoms with Crippen molar-refractivity contribution in [2.24, 2.45) is 0 Å². The maximum Gasteiger partial charge on any atom is 0.410 e. The van der Waals surface area contributed by atoms with Gasteiger partial charge in [0.25, 0.3) is 0 Å². The first kappa shape index (κ1) is 17.9. The number of nitrogens with zero attached hydrogens (tertiary/aromatic N) is 1. The first-order valence-corrected chi connectivity index (χ1v) is 8.60. The summed E-state index contributed by atoms with van der Waals surface area (Å²) in [7, 11) is 0. The van der Waals surface area contributed by atoms with Gasteiger partial charge in [0.2, 0.25) is 0 Å². The highest BCUT2D eigenvalue weighted by Crippen LogP contribution is 2.16. The normalized spacial score (nSPS) is 20.9. The van der Waals surface area contributed by atoms with Crippen molar-refractivity contribution in [2.75, 3.05) is 13.1 Å². The molecule has 1 N–H and O–H groups in total. The van der Waals surface area contributed by atoms with E-state index >= 15 is 0 Å². The molecule has 130 valence electrons. The van der Waals surface area contributed by atoms with Gasteiger partial charge in [0.05, 0.1) is 6.26 Å². The fourth-order valence-corrected chi connectivity index (χ4v) is 2.96. The Hall–Kier alpha value is -1.49. The van der Waals surface area contributed by atoms with E-state index in [1.54, 1.807) is 6.26 Å². The number of hydrogen-bond donors (Lipinski definition) is 1. The van der Waals surface area contributed by atoms with Gasteiger partial charge in [0, 0.05) is 31.6 Å². The van der Waals surface area contributed by atoms with Crippen LogP contribution in [0.1, 0.15) is 52.7 Å². The van der Waals surface area contributed by atoms with Crippen LogP contribution >= 0.6 is 0 Å². The zero-order valence-electron chi connectivity index (χ0n) is 14.8. The van der Waals surface area contributed by atoms with Gasteiger partial charge in [0.1, 0.15) is 11.4 Å². The number of rotatable bonds is 4. The summed E-state index contributed by atoms with van der Waals surface area (Å²) >= 11 is 0. The monoisotopic (exact) mass is 322 g/mol. The standard InChI is InChI=1S/C18H30N2O3/c1-14(13-16-8-6-12-22-16)19-15-7-5-10-20(11-9-15)17(21)23-18(2,3)4/h6,8,12,14-15,19H,5,7,9-11,13H2,1-4H3. The molecule has 0 radical (unpaired) electrons. The van der Waals surface area contributed by atoms with Gasteiger partial charge in [0.15, 0.2) is 0 Å². The maximum absolute atomic E-state index is 12.2. The molecule has 0 saturated carbocycles. The lowest BCUT2D eigenvalue weighted by Gasteiger charge is -2.26. The molecule has 1 aliphatic rings. The Labute approximate surface area is 139 Å². The summed E-state index contributed by atoms with van der Waals surface area (Å²) in [6, 6.07) is 4.73. The number of furan rings is 1. The van der Waals surface area contributed by atoms with E-state index in [0.29, 0.717) is 12.1 Å². The van der Waals surface area contributed by atoms with E-state index in [1.807, 2.05) is 37.8 Å². The second-order valence-electron chi connectivity index (χ2n) is 7.45. The van der Waals surface area contributed by atoms with E-state index in [0.717, 1.165) is 44.5 Å². The lowest BCUT2D eigenvalue weighted by atomic mass is 10.1. The van der Waals surface area contributed by atoms with Gasteiger partial charge >= 0.3 is 6.09 Å². The fourth-order valence-electron chi connectivity index (χ4n) is 2.96. The maximum atomic E-state index is 12.2. The first-order valence-electron chi connectivity index (χ1n) is 8.60. The SMILES string of the molecule is CC(Cc1ccco1)NC1CCCN(C(=O)OC(C)(C)C)CC1. The molecule has 0 spiro atoms. The quantitative estimate of drug-likeness (QED) is 0.920. The molecule has 1 fully saturated rings. The first-order chi connectivity index (χ1) is 10.8. The second kappa shape index (κ2) is 7.86. The number of carbonyl (C=O) groups excluding carboxylic acids is 1. The highest BCUT2D eigenvalue weighted by molar-refractivity contribution is 5.68. The van der Waals surface area contributed by atoms with E-state index in [2.05, 4.69) is 12.2 Å². The lowest BCUT2D eigenvalue weighted by Crippen LogP contribution is -2.40. The Morgan fingerprint density at radius 2 is 2.22 bits per heavy atom. The topological polar surface area (TPSA) is 54.7 Å². The molecule has 0 aromatic carbocycles. The van der Waals surface area contributed by atoms with Gasteiger partial charge in [-0.25, -0.2) is 4.79 Å². The Balaban J connectivity index is 1.78. The predicted molar refractivity (Wildman–Crippen MR) is 90.5 cm³/mol. The van der Waals surface area contributed by atoms with Gasteiger partial charge in [-0.2, -0.15) is 0 Å². The molecule has 2 atom stereocenters. The number of ether oxygens (including phenoxy) is 1. The average molecular weight is 322 g/mol. The van der Waals surface area contributed by atoms with Gasteiger partial charge in [-0.15, -0.1) is 0 Å². The summed E-state index contributed by atoms with van der Waals surface area (Å²) in [4.78, 5) is 14.0. The van der Waals surface area contributed by atoms with Crippen molar-refractivity contribution in [1.29, 1.82) is 0 Å². The molecular formula is C18H30N2O3. The van der Waals surface area contributed by atoms with Crippen molar-refractivity contribution >= 4 is 6.09 Å². The number of nitrogens with one attached hydrogen (secondary N) is 1. The van der Waals surface area contributed by atoms with Crippen molar-refractivity contribution in [3.8, 4) is 0 Å². The van der Waals surface area contributed by atoms with E-state index in [9.17, 15) is 4.79 Å². The van der Waals surface area contributed by atoms with E-state index < -0.39 is 5.60 Å². The molecule has 2 unspecified atom stereocenters. The highest BCUT2D eigenvalue weighted by Gasteiger charge is 2.25. The van der Waals surface area contributed by atoms with Gasteiger partial charge in [-0.1, -0.05) is 0 Å². The summed E-state index contributed by atoms with van der Waals surface area (Å²) in [5.74, 6) is 1.01. The van der Waals surface area contributed by atoms with E-state index in [1.165, 1.54) is 0 Å². The minimum Gasteiger partial charge on any atom is -0.469 e. The molecule has 1 aromatic rings. The smallest absolute Gasteiger partial charge is 0.410 e. The Morgan fingerprint density at radius 1 is 1.43 bits per heavy atom. The van der Waals surface area contributed by atoms with Crippen molar-refractivity contribution in [2.45, 2.75) is 71.1 Å². The third-order valence-corrected chi connectivity index (χ3v) is 3.99. The molecule has 1 aliphatic heterocycles.